The number of thioether (sulfide) groups is 1. The molecule has 1 aliphatic heterocycles. The molecular formula is C22H26N6O4S. The molecule has 10 nitrogen and oxygen atoms in total. The van der Waals surface area contributed by atoms with Crippen LogP contribution in [0.5, 0.6) is 0 Å². The van der Waals surface area contributed by atoms with E-state index in [1.807, 2.05) is 36.6 Å². The van der Waals surface area contributed by atoms with Gasteiger partial charge in [0.15, 0.2) is 10.9 Å². The van der Waals surface area contributed by atoms with Crippen LogP contribution in [0, 0.1) is 13.8 Å². The van der Waals surface area contributed by atoms with E-state index in [4.69, 9.17) is 9.15 Å². The fraction of sp³-hybridized carbons (Fsp3) is 0.409. The van der Waals surface area contributed by atoms with Gasteiger partial charge in [0.25, 0.3) is 5.91 Å². The number of nitrogens with zero attached hydrogens (tertiary/aromatic N) is 6. The Hall–Kier alpha value is -3.34. The van der Waals surface area contributed by atoms with Crippen molar-refractivity contribution in [3.05, 3.63) is 53.5 Å². The molecule has 1 aromatic carbocycles. The number of aromatic nitrogens is 4. The molecule has 0 radical (unpaired) electrons. The quantitative estimate of drug-likeness (QED) is 0.506. The summed E-state index contributed by atoms with van der Waals surface area (Å²) in [4.78, 5) is 32.3. The van der Waals surface area contributed by atoms with Crippen LogP contribution in [-0.4, -0.2) is 74.3 Å². The van der Waals surface area contributed by atoms with Gasteiger partial charge in [-0.1, -0.05) is 23.9 Å². The first-order chi connectivity index (χ1) is 16.0. The van der Waals surface area contributed by atoms with Crippen LogP contribution in [0.1, 0.15) is 34.7 Å². The Morgan fingerprint density at radius 3 is 2.61 bits per heavy atom. The number of aryl methyl sites for hydroxylation is 2. The standard InChI is InChI=1S/C22H26N6O4S/c1-4-31-22(30)27-10-8-26(9-11-27)20(29)18-13-32-19(23-18)14-33-21-25-24-16(3)28(21)17-7-5-6-15(2)12-17/h5-7,12-13H,4,8-11,14H2,1-3H3. The molecule has 174 valence electrons. The lowest BCUT2D eigenvalue weighted by Crippen LogP contribution is -2.50. The normalized spacial score (nSPS) is 13.9. The molecule has 0 unspecified atom stereocenters. The van der Waals surface area contributed by atoms with Gasteiger partial charge < -0.3 is 19.0 Å². The fourth-order valence-electron chi connectivity index (χ4n) is 3.57. The number of amides is 2. The number of hydrogen-bond acceptors (Lipinski definition) is 8. The SMILES string of the molecule is CCOC(=O)N1CCN(C(=O)c2coc(CSc3nnc(C)n3-c3cccc(C)c3)n2)CC1. The highest BCUT2D eigenvalue weighted by Gasteiger charge is 2.27. The maximum Gasteiger partial charge on any atom is 0.409 e. The van der Waals surface area contributed by atoms with E-state index < -0.39 is 0 Å². The molecule has 3 aromatic rings. The van der Waals surface area contributed by atoms with Crippen LogP contribution < -0.4 is 0 Å². The number of hydrogen-bond donors (Lipinski definition) is 0. The summed E-state index contributed by atoms with van der Waals surface area (Å²) in [7, 11) is 0. The summed E-state index contributed by atoms with van der Waals surface area (Å²) in [6.07, 6.45) is 1.03. The number of piperazine rings is 1. The van der Waals surface area contributed by atoms with Gasteiger partial charge in [-0.2, -0.15) is 0 Å². The molecule has 0 aliphatic carbocycles. The smallest absolute Gasteiger partial charge is 0.409 e. The van der Waals surface area contributed by atoms with Crippen LogP contribution in [0.2, 0.25) is 0 Å². The molecule has 0 N–H and O–H groups in total. The van der Waals surface area contributed by atoms with Crippen molar-refractivity contribution in [2.24, 2.45) is 0 Å². The van der Waals surface area contributed by atoms with Crippen molar-refractivity contribution < 1.29 is 18.7 Å². The van der Waals surface area contributed by atoms with E-state index in [0.29, 0.717) is 44.4 Å². The summed E-state index contributed by atoms with van der Waals surface area (Å²) in [6.45, 7) is 7.75. The molecule has 1 saturated heterocycles. The van der Waals surface area contributed by atoms with Crippen LogP contribution in [-0.2, 0) is 10.5 Å². The van der Waals surface area contributed by atoms with Crippen LogP contribution in [0.4, 0.5) is 4.79 Å². The number of carbonyl (C=O) groups is 2. The molecule has 2 amide bonds. The molecule has 2 aromatic heterocycles. The predicted octanol–water partition coefficient (Wildman–Crippen LogP) is 3.08. The van der Waals surface area contributed by atoms with E-state index in [-0.39, 0.29) is 17.7 Å². The molecule has 0 saturated carbocycles. The monoisotopic (exact) mass is 470 g/mol. The molecule has 33 heavy (non-hydrogen) atoms. The zero-order valence-corrected chi connectivity index (χ0v) is 19.7. The van der Waals surface area contributed by atoms with Crippen molar-refractivity contribution in [3.8, 4) is 5.69 Å². The van der Waals surface area contributed by atoms with Crippen LogP contribution in [0.15, 0.2) is 40.1 Å². The summed E-state index contributed by atoms with van der Waals surface area (Å²) >= 11 is 1.44. The predicted molar refractivity (Wildman–Crippen MR) is 121 cm³/mol. The summed E-state index contributed by atoms with van der Waals surface area (Å²) in [5.74, 6) is 1.42. The van der Waals surface area contributed by atoms with Crippen molar-refractivity contribution in [2.75, 3.05) is 32.8 Å². The number of oxazole rings is 1. The zero-order chi connectivity index (χ0) is 23.4. The van der Waals surface area contributed by atoms with Crippen molar-refractivity contribution in [2.45, 2.75) is 31.7 Å². The van der Waals surface area contributed by atoms with Gasteiger partial charge in [-0.05, 0) is 38.5 Å². The second-order valence-corrected chi connectivity index (χ2v) is 8.54. The van der Waals surface area contributed by atoms with Gasteiger partial charge in [0.05, 0.1) is 12.4 Å². The number of benzene rings is 1. The average molecular weight is 471 g/mol. The van der Waals surface area contributed by atoms with Gasteiger partial charge in [-0.3, -0.25) is 9.36 Å². The fourth-order valence-corrected chi connectivity index (χ4v) is 4.42. The van der Waals surface area contributed by atoms with Crippen LogP contribution >= 0.6 is 11.8 Å². The van der Waals surface area contributed by atoms with E-state index in [9.17, 15) is 9.59 Å². The number of ether oxygens (including phenoxy) is 1. The number of rotatable bonds is 6. The molecule has 0 atom stereocenters. The molecule has 4 rings (SSSR count). The molecule has 0 spiro atoms. The molecule has 1 aliphatic rings. The highest BCUT2D eigenvalue weighted by atomic mass is 32.2. The number of carbonyl (C=O) groups excluding carboxylic acids is 2. The van der Waals surface area contributed by atoms with Crippen molar-refractivity contribution in [1.82, 2.24) is 29.5 Å². The van der Waals surface area contributed by atoms with Gasteiger partial charge in [-0.25, -0.2) is 9.78 Å². The second kappa shape index (κ2) is 10.1. The Balaban J connectivity index is 1.37. The van der Waals surface area contributed by atoms with Crippen molar-refractivity contribution >= 4 is 23.8 Å². The van der Waals surface area contributed by atoms with E-state index in [1.54, 1.807) is 16.7 Å². The van der Waals surface area contributed by atoms with E-state index in [1.165, 1.54) is 18.0 Å². The molecular weight excluding hydrogens is 444 g/mol. The topological polar surface area (TPSA) is 107 Å². The summed E-state index contributed by atoms with van der Waals surface area (Å²) in [5, 5.41) is 9.20. The average Bonchev–Trinajstić information content (AvgIpc) is 3.44. The lowest BCUT2D eigenvalue weighted by molar-refractivity contribution is 0.0566. The molecule has 0 bridgehead atoms. The first-order valence-electron chi connectivity index (χ1n) is 10.7. The largest absolute Gasteiger partial charge is 0.450 e. The minimum Gasteiger partial charge on any atom is -0.450 e. The third-order valence-electron chi connectivity index (χ3n) is 5.24. The van der Waals surface area contributed by atoms with Crippen LogP contribution in [0.3, 0.4) is 0 Å². The van der Waals surface area contributed by atoms with Gasteiger partial charge >= 0.3 is 6.09 Å². The minimum atomic E-state index is -0.348. The molecule has 1 fully saturated rings. The van der Waals surface area contributed by atoms with Gasteiger partial charge in [-0.15, -0.1) is 10.2 Å². The zero-order valence-electron chi connectivity index (χ0n) is 18.9. The van der Waals surface area contributed by atoms with Gasteiger partial charge in [0.1, 0.15) is 12.1 Å². The highest BCUT2D eigenvalue weighted by molar-refractivity contribution is 7.98. The molecule has 3 heterocycles. The van der Waals surface area contributed by atoms with E-state index in [2.05, 4.69) is 21.2 Å². The van der Waals surface area contributed by atoms with Gasteiger partial charge in [0.2, 0.25) is 5.89 Å². The van der Waals surface area contributed by atoms with Crippen LogP contribution in [0.25, 0.3) is 5.69 Å². The second-order valence-electron chi connectivity index (χ2n) is 7.60. The Kier molecular flexibility index (Phi) is 6.97. The Morgan fingerprint density at radius 1 is 1.12 bits per heavy atom. The van der Waals surface area contributed by atoms with Gasteiger partial charge in [0, 0.05) is 31.9 Å². The highest BCUT2D eigenvalue weighted by Crippen LogP contribution is 2.25. The Morgan fingerprint density at radius 2 is 1.88 bits per heavy atom. The lowest BCUT2D eigenvalue weighted by atomic mass is 10.2. The van der Waals surface area contributed by atoms with E-state index in [0.717, 1.165) is 22.2 Å². The Labute approximate surface area is 195 Å². The van der Waals surface area contributed by atoms with Crippen molar-refractivity contribution in [1.29, 1.82) is 0 Å². The summed E-state index contributed by atoms with van der Waals surface area (Å²) < 4.78 is 12.5. The third-order valence-corrected chi connectivity index (χ3v) is 6.16. The van der Waals surface area contributed by atoms with E-state index >= 15 is 0 Å². The van der Waals surface area contributed by atoms with Crippen molar-refractivity contribution in [3.63, 3.8) is 0 Å². The maximum atomic E-state index is 12.8. The third kappa shape index (κ3) is 5.19. The maximum absolute atomic E-state index is 12.8. The first-order valence-corrected chi connectivity index (χ1v) is 11.7. The minimum absolute atomic E-state index is 0.211. The first kappa shape index (κ1) is 22.8. The lowest BCUT2D eigenvalue weighted by Gasteiger charge is -2.33. The Bertz CT molecular complexity index is 1140. The summed E-state index contributed by atoms with van der Waals surface area (Å²) in [6, 6.07) is 8.12. The molecule has 11 heteroatoms. The summed E-state index contributed by atoms with van der Waals surface area (Å²) in [5.41, 5.74) is 2.40.